The molecule has 10 heteroatoms. The number of aliphatic imine (C=N–C) groups is 1. The van der Waals surface area contributed by atoms with Crippen molar-refractivity contribution in [3.63, 3.8) is 0 Å². The van der Waals surface area contributed by atoms with Crippen LogP contribution in [0.2, 0.25) is 0 Å². The lowest BCUT2D eigenvalue weighted by atomic mass is 10.1. The van der Waals surface area contributed by atoms with Gasteiger partial charge in [0.1, 0.15) is 11.9 Å². The van der Waals surface area contributed by atoms with Crippen LogP contribution in [0.15, 0.2) is 23.2 Å². The van der Waals surface area contributed by atoms with Crippen LogP contribution in [-0.4, -0.2) is 87.5 Å². The molecule has 6 nitrogen and oxygen atoms in total. The van der Waals surface area contributed by atoms with Crippen LogP contribution in [0.3, 0.4) is 0 Å². The highest BCUT2D eigenvalue weighted by atomic mass is 19.4. The van der Waals surface area contributed by atoms with Gasteiger partial charge < -0.3 is 19.9 Å². The average molecular weight is 431 g/mol. The van der Waals surface area contributed by atoms with Crippen molar-refractivity contribution in [3.8, 4) is 0 Å². The van der Waals surface area contributed by atoms with E-state index in [1.807, 2.05) is 15.9 Å². The Bertz CT molecular complexity index is 728. The molecule has 3 rings (SSSR count). The molecule has 1 N–H and O–H groups in total. The molecule has 1 aromatic carbocycles. The summed E-state index contributed by atoms with van der Waals surface area (Å²) in [4.78, 5) is 9.57. The first-order chi connectivity index (χ1) is 14.3. The number of benzene rings is 1. The van der Waals surface area contributed by atoms with Crippen molar-refractivity contribution in [2.75, 3.05) is 64.4 Å². The minimum atomic E-state index is -4.22. The zero-order chi connectivity index (χ0) is 21.7. The summed E-state index contributed by atoms with van der Waals surface area (Å²) in [7, 11) is 1.63. The molecule has 0 bridgehead atoms. The number of nitrogens with zero attached hydrogens (tertiary/aromatic N) is 4. The maximum Gasteiger partial charge on any atom is 0.403 e. The Hall–Kier alpha value is -2.07. The number of rotatable bonds is 4. The zero-order valence-electron chi connectivity index (χ0n) is 17.4. The first kappa shape index (κ1) is 22.6. The van der Waals surface area contributed by atoms with Crippen LogP contribution in [0, 0.1) is 5.82 Å². The van der Waals surface area contributed by atoms with Gasteiger partial charge in [-0.25, -0.2) is 4.39 Å². The lowest BCUT2D eigenvalue weighted by Crippen LogP contribution is -2.56. The Balaban J connectivity index is 1.53. The summed E-state index contributed by atoms with van der Waals surface area (Å²) in [5.41, 5.74) is 1.34. The Kier molecular flexibility index (Phi) is 7.41. The molecule has 2 heterocycles. The van der Waals surface area contributed by atoms with Gasteiger partial charge >= 0.3 is 6.18 Å². The molecule has 2 aliphatic heterocycles. The Morgan fingerprint density at radius 3 is 2.37 bits per heavy atom. The molecule has 2 aliphatic rings. The quantitative estimate of drug-likeness (QED) is 0.450. The van der Waals surface area contributed by atoms with E-state index in [1.165, 1.54) is 17.9 Å². The number of halogens is 4. The van der Waals surface area contributed by atoms with Gasteiger partial charge in [0.25, 0.3) is 0 Å². The second kappa shape index (κ2) is 9.82. The third kappa shape index (κ3) is 5.54. The highest BCUT2D eigenvalue weighted by Gasteiger charge is 2.41. The number of piperazine rings is 1. The van der Waals surface area contributed by atoms with Gasteiger partial charge in [-0.15, -0.1) is 0 Å². The van der Waals surface area contributed by atoms with Crippen molar-refractivity contribution < 1.29 is 22.3 Å². The average Bonchev–Trinajstić information content (AvgIpc) is 2.74. The number of hydrogen-bond acceptors (Lipinski definition) is 4. The highest BCUT2D eigenvalue weighted by Crippen LogP contribution is 2.25. The monoisotopic (exact) mass is 431 g/mol. The number of alkyl halides is 3. The minimum absolute atomic E-state index is 0.277. The van der Waals surface area contributed by atoms with Gasteiger partial charge in [0.15, 0.2) is 5.96 Å². The molecule has 2 fully saturated rings. The minimum Gasteiger partial charge on any atom is -0.378 e. The lowest BCUT2D eigenvalue weighted by Gasteiger charge is -2.39. The molecule has 0 spiro atoms. The van der Waals surface area contributed by atoms with Crippen molar-refractivity contribution >= 4 is 11.6 Å². The highest BCUT2D eigenvalue weighted by molar-refractivity contribution is 5.80. The summed E-state index contributed by atoms with van der Waals surface area (Å²) >= 11 is 0. The fraction of sp³-hybridized carbons (Fsp3) is 0.650. The third-order valence-electron chi connectivity index (χ3n) is 5.66. The first-order valence-electron chi connectivity index (χ1n) is 10.2. The van der Waals surface area contributed by atoms with Crippen molar-refractivity contribution in [1.29, 1.82) is 0 Å². The fourth-order valence-electron chi connectivity index (χ4n) is 3.76. The largest absolute Gasteiger partial charge is 0.403 e. The van der Waals surface area contributed by atoms with E-state index in [0.717, 1.165) is 5.56 Å². The van der Waals surface area contributed by atoms with Crippen LogP contribution in [0.25, 0.3) is 0 Å². The smallest absolute Gasteiger partial charge is 0.378 e. The normalized spacial score (nSPS) is 20.4. The summed E-state index contributed by atoms with van der Waals surface area (Å²) in [6.07, 6.45) is -4.22. The number of nitrogens with one attached hydrogen (secondary N) is 1. The Morgan fingerprint density at radius 1 is 1.13 bits per heavy atom. The molecule has 1 atom stereocenters. The second-order valence-corrected chi connectivity index (χ2v) is 7.53. The first-order valence-corrected chi connectivity index (χ1v) is 10.2. The van der Waals surface area contributed by atoms with Gasteiger partial charge in [0, 0.05) is 52.9 Å². The number of hydrogen-bond donors (Lipinski definition) is 1. The second-order valence-electron chi connectivity index (χ2n) is 7.53. The predicted octanol–water partition coefficient (Wildman–Crippen LogP) is 2.31. The molecule has 30 heavy (non-hydrogen) atoms. The molecule has 168 valence electrons. The summed E-state index contributed by atoms with van der Waals surface area (Å²) in [5.74, 6) is 0.327. The van der Waals surface area contributed by atoms with Crippen molar-refractivity contribution in [3.05, 3.63) is 29.6 Å². The maximum absolute atomic E-state index is 14.6. The molecule has 0 aliphatic carbocycles. The Morgan fingerprint density at radius 2 is 1.80 bits per heavy atom. The predicted molar refractivity (Wildman–Crippen MR) is 108 cm³/mol. The standard InChI is InChI=1S/C20H29F4N5O/c1-15(20(22,23)24)27-5-7-29(8-6-27)19(25-2)26-14-16-3-4-18(17(21)13-16)28-9-11-30-12-10-28/h3-4,13,15H,5-12,14H2,1-2H3,(H,25,26). The molecular weight excluding hydrogens is 402 g/mol. The molecule has 1 aromatic rings. The van der Waals surface area contributed by atoms with Crippen molar-refractivity contribution in [2.45, 2.75) is 25.7 Å². The third-order valence-corrected chi connectivity index (χ3v) is 5.66. The maximum atomic E-state index is 14.6. The van der Waals surface area contributed by atoms with E-state index in [9.17, 15) is 17.6 Å². The van der Waals surface area contributed by atoms with Crippen LogP contribution in [0.5, 0.6) is 0 Å². The van der Waals surface area contributed by atoms with E-state index >= 15 is 0 Å². The van der Waals surface area contributed by atoms with E-state index in [2.05, 4.69) is 10.3 Å². The van der Waals surface area contributed by atoms with Gasteiger partial charge in [0.05, 0.1) is 18.9 Å². The molecule has 0 saturated carbocycles. The fourth-order valence-corrected chi connectivity index (χ4v) is 3.76. The van der Waals surface area contributed by atoms with Crippen molar-refractivity contribution in [1.82, 2.24) is 15.1 Å². The van der Waals surface area contributed by atoms with Crippen LogP contribution in [0.4, 0.5) is 23.2 Å². The van der Waals surface area contributed by atoms with Gasteiger partial charge in [-0.3, -0.25) is 9.89 Å². The van der Waals surface area contributed by atoms with Gasteiger partial charge in [0.2, 0.25) is 0 Å². The Labute approximate surface area is 174 Å². The van der Waals surface area contributed by atoms with Crippen LogP contribution < -0.4 is 10.2 Å². The van der Waals surface area contributed by atoms with Crippen LogP contribution in [-0.2, 0) is 11.3 Å². The van der Waals surface area contributed by atoms with Crippen LogP contribution >= 0.6 is 0 Å². The van der Waals surface area contributed by atoms with Crippen LogP contribution in [0.1, 0.15) is 12.5 Å². The van der Waals surface area contributed by atoms with Crippen molar-refractivity contribution in [2.24, 2.45) is 4.99 Å². The van der Waals surface area contributed by atoms with E-state index < -0.39 is 12.2 Å². The SMILES string of the molecule is CN=C(NCc1ccc(N2CCOCC2)c(F)c1)N1CCN(C(C)C(F)(F)F)CC1. The molecule has 0 radical (unpaired) electrons. The van der Waals surface area contributed by atoms with E-state index in [0.29, 0.717) is 70.7 Å². The summed E-state index contributed by atoms with van der Waals surface area (Å²) in [6.45, 7) is 5.61. The van der Waals surface area contributed by atoms with Gasteiger partial charge in [-0.1, -0.05) is 6.07 Å². The lowest BCUT2D eigenvalue weighted by molar-refractivity contribution is -0.181. The summed E-state index contributed by atoms with van der Waals surface area (Å²) in [6, 6.07) is 3.70. The van der Waals surface area contributed by atoms with E-state index in [4.69, 9.17) is 4.74 Å². The number of anilines is 1. The zero-order valence-corrected chi connectivity index (χ0v) is 17.4. The molecule has 0 amide bonds. The summed E-state index contributed by atoms with van der Waals surface area (Å²) in [5, 5.41) is 3.19. The van der Waals surface area contributed by atoms with E-state index in [1.54, 1.807) is 13.1 Å². The number of morpholine rings is 1. The topological polar surface area (TPSA) is 43.3 Å². The molecular formula is C20H29F4N5O. The molecule has 0 aromatic heterocycles. The number of ether oxygens (including phenoxy) is 1. The molecule has 1 unspecified atom stereocenters. The van der Waals surface area contributed by atoms with E-state index in [-0.39, 0.29) is 5.82 Å². The van der Waals surface area contributed by atoms with Gasteiger partial charge in [-0.05, 0) is 24.6 Å². The molecule has 2 saturated heterocycles. The number of guanidine groups is 1. The van der Waals surface area contributed by atoms with Gasteiger partial charge in [-0.2, -0.15) is 13.2 Å². The summed E-state index contributed by atoms with van der Waals surface area (Å²) < 4.78 is 58.6.